The summed E-state index contributed by atoms with van der Waals surface area (Å²) in [4.78, 5) is 23.1. The molecule has 28 heavy (non-hydrogen) atoms. The van der Waals surface area contributed by atoms with E-state index >= 15 is 0 Å². The average molecular weight is 412 g/mol. The van der Waals surface area contributed by atoms with Crippen LogP contribution < -0.4 is 0 Å². The summed E-state index contributed by atoms with van der Waals surface area (Å²) in [5.74, 6) is 0.134. The van der Waals surface area contributed by atoms with Crippen LogP contribution in [0.3, 0.4) is 0 Å². The lowest BCUT2D eigenvalue weighted by Gasteiger charge is -2.22. The van der Waals surface area contributed by atoms with Gasteiger partial charge in [0.15, 0.2) is 0 Å². The molecule has 0 unspecified atom stereocenters. The van der Waals surface area contributed by atoms with Crippen LogP contribution in [0, 0.1) is 13.8 Å². The number of aryl methyl sites for hydroxylation is 2. The Morgan fingerprint density at radius 1 is 1.11 bits per heavy atom. The molecule has 0 bridgehead atoms. The number of thiazole rings is 1. The predicted molar refractivity (Wildman–Crippen MR) is 117 cm³/mol. The monoisotopic (exact) mass is 411 g/mol. The highest BCUT2D eigenvalue weighted by atomic mass is 32.1. The molecule has 1 aliphatic rings. The lowest BCUT2D eigenvalue weighted by molar-refractivity contribution is 0.0765. The number of carbonyl (C=O) groups excluding carboxylic acids is 1. The maximum absolute atomic E-state index is 13.2. The molecule has 3 heterocycles. The van der Waals surface area contributed by atoms with E-state index in [1.807, 2.05) is 17.2 Å². The number of aromatic nitrogens is 1. The SMILES string of the molecule is Cc1ccccc1CN1CCCN(C(=O)c2sc(-c3ccsc3)nc2C)CC1. The molecule has 6 heteroatoms. The van der Waals surface area contributed by atoms with E-state index in [1.165, 1.54) is 22.5 Å². The summed E-state index contributed by atoms with van der Waals surface area (Å²) in [5.41, 5.74) is 4.66. The molecule has 0 N–H and O–H groups in total. The van der Waals surface area contributed by atoms with Crippen molar-refractivity contribution in [1.29, 1.82) is 0 Å². The van der Waals surface area contributed by atoms with E-state index in [-0.39, 0.29) is 5.91 Å². The minimum atomic E-state index is 0.134. The van der Waals surface area contributed by atoms with Crippen LogP contribution in [0.25, 0.3) is 10.6 Å². The molecule has 0 radical (unpaired) electrons. The highest BCUT2D eigenvalue weighted by Crippen LogP contribution is 2.30. The first kappa shape index (κ1) is 19.3. The normalized spacial score (nSPS) is 15.6. The van der Waals surface area contributed by atoms with Crippen LogP contribution in [-0.4, -0.2) is 46.9 Å². The van der Waals surface area contributed by atoms with E-state index in [4.69, 9.17) is 0 Å². The second-order valence-corrected chi connectivity index (χ2v) is 9.07. The Balaban J connectivity index is 1.43. The molecule has 4 nitrogen and oxygen atoms in total. The highest BCUT2D eigenvalue weighted by Gasteiger charge is 2.24. The van der Waals surface area contributed by atoms with Crippen LogP contribution in [-0.2, 0) is 6.54 Å². The number of benzene rings is 1. The van der Waals surface area contributed by atoms with Gasteiger partial charge in [0.25, 0.3) is 5.91 Å². The van der Waals surface area contributed by atoms with Gasteiger partial charge in [-0.05, 0) is 42.8 Å². The number of hydrogen-bond acceptors (Lipinski definition) is 5. The number of hydrogen-bond donors (Lipinski definition) is 0. The molecular formula is C22H25N3OS2. The molecule has 146 valence electrons. The molecule has 1 aromatic carbocycles. The van der Waals surface area contributed by atoms with Crippen molar-refractivity contribution >= 4 is 28.6 Å². The number of amides is 1. The summed E-state index contributed by atoms with van der Waals surface area (Å²) < 4.78 is 0. The molecule has 0 atom stereocenters. The topological polar surface area (TPSA) is 36.4 Å². The first-order valence-corrected chi connectivity index (χ1v) is 11.4. The van der Waals surface area contributed by atoms with Crippen molar-refractivity contribution in [1.82, 2.24) is 14.8 Å². The number of rotatable bonds is 4. The summed E-state index contributed by atoms with van der Waals surface area (Å²) in [6, 6.07) is 10.6. The van der Waals surface area contributed by atoms with Crippen LogP contribution in [0.15, 0.2) is 41.1 Å². The van der Waals surface area contributed by atoms with Gasteiger partial charge >= 0.3 is 0 Å². The van der Waals surface area contributed by atoms with E-state index in [9.17, 15) is 4.79 Å². The van der Waals surface area contributed by atoms with Gasteiger partial charge < -0.3 is 4.90 Å². The smallest absolute Gasteiger partial charge is 0.265 e. The quantitative estimate of drug-likeness (QED) is 0.617. The van der Waals surface area contributed by atoms with Gasteiger partial charge in [-0.15, -0.1) is 11.3 Å². The van der Waals surface area contributed by atoms with Gasteiger partial charge in [-0.1, -0.05) is 24.3 Å². The average Bonchev–Trinajstić information content (AvgIpc) is 3.29. The Labute approximate surface area is 174 Å². The Hall–Kier alpha value is -2.02. The zero-order valence-electron chi connectivity index (χ0n) is 16.4. The second-order valence-electron chi connectivity index (χ2n) is 7.29. The van der Waals surface area contributed by atoms with Crippen molar-refractivity contribution < 1.29 is 4.79 Å². The van der Waals surface area contributed by atoms with Gasteiger partial charge in [0.2, 0.25) is 0 Å². The zero-order valence-corrected chi connectivity index (χ0v) is 18.0. The van der Waals surface area contributed by atoms with Crippen molar-refractivity contribution in [2.45, 2.75) is 26.8 Å². The first-order chi connectivity index (χ1) is 13.6. The van der Waals surface area contributed by atoms with Crippen molar-refractivity contribution in [2.75, 3.05) is 26.2 Å². The third-order valence-electron chi connectivity index (χ3n) is 5.29. The van der Waals surface area contributed by atoms with E-state index < -0.39 is 0 Å². The molecule has 1 saturated heterocycles. The van der Waals surface area contributed by atoms with Crippen LogP contribution in [0.2, 0.25) is 0 Å². The van der Waals surface area contributed by atoms with Gasteiger partial charge in [0, 0.05) is 43.7 Å². The van der Waals surface area contributed by atoms with E-state index in [0.29, 0.717) is 0 Å². The maximum Gasteiger partial charge on any atom is 0.265 e. The van der Waals surface area contributed by atoms with Gasteiger partial charge in [0.05, 0.1) is 5.69 Å². The van der Waals surface area contributed by atoms with Gasteiger partial charge in [-0.25, -0.2) is 4.98 Å². The Morgan fingerprint density at radius 3 is 2.75 bits per heavy atom. The Bertz CT molecular complexity index is 949. The Kier molecular flexibility index (Phi) is 5.90. The summed E-state index contributed by atoms with van der Waals surface area (Å²) in [5, 5.41) is 5.07. The molecule has 1 fully saturated rings. The van der Waals surface area contributed by atoms with Crippen LogP contribution in [0.4, 0.5) is 0 Å². The van der Waals surface area contributed by atoms with Gasteiger partial charge in [0.1, 0.15) is 9.88 Å². The Morgan fingerprint density at radius 2 is 1.96 bits per heavy atom. The second kappa shape index (κ2) is 8.55. The maximum atomic E-state index is 13.2. The predicted octanol–water partition coefficient (Wildman–Crippen LogP) is 4.84. The molecule has 2 aromatic heterocycles. The molecular weight excluding hydrogens is 386 g/mol. The fraction of sp³-hybridized carbons (Fsp3) is 0.364. The lowest BCUT2D eigenvalue weighted by atomic mass is 10.1. The van der Waals surface area contributed by atoms with Crippen molar-refractivity contribution in [2.24, 2.45) is 0 Å². The largest absolute Gasteiger partial charge is 0.337 e. The standard InChI is InChI=1S/C22H25N3OS2/c1-16-6-3-4-7-18(16)14-24-9-5-10-25(12-11-24)22(26)20-17(2)23-21(28-20)19-8-13-27-15-19/h3-4,6-8,13,15H,5,9-12,14H2,1-2H3. The van der Waals surface area contributed by atoms with Gasteiger partial charge in [-0.2, -0.15) is 11.3 Å². The first-order valence-electron chi connectivity index (χ1n) is 9.68. The summed E-state index contributed by atoms with van der Waals surface area (Å²) >= 11 is 3.18. The minimum Gasteiger partial charge on any atom is -0.337 e. The summed E-state index contributed by atoms with van der Waals surface area (Å²) in [6.07, 6.45) is 1.01. The molecule has 0 saturated carbocycles. The number of thiophene rings is 1. The van der Waals surface area contributed by atoms with Crippen LogP contribution in [0.5, 0.6) is 0 Å². The third-order valence-corrected chi connectivity index (χ3v) is 7.17. The van der Waals surface area contributed by atoms with Gasteiger partial charge in [-0.3, -0.25) is 9.69 Å². The van der Waals surface area contributed by atoms with Crippen molar-refractivity contribution in [3.63, 3.8) is 0 Å². The molecule has 0 aliphatic carbocycles. The summed E-state index contributed by atoms with van der Waals surface area (Å²) in [7, 11) is 0. The van der Waals surface area contributed by atoms with Crippen LogP contribution >= 0.6 is 22.7 Å². The summed E-state index contributed by atoms with van der Waals surface area (Å²) in [6.45, 7) is 8.60. The van der Waals surface area contributed by atoms with Crippen LogP contribution in [0.1, 0.15) is 32.9 Å². The van der Waals surface area contributed by atoms with E-state index in [2.05, 4.69) is 52.5 Å². The zero-order chi connectivity index (χ0) is 19.5. The molecule has 1 amide bonds. The van der Waals surface area contributed by atoms with Crippen molar-refractivity contribution in [3.8, 4) is 10.6 Å². The molecule has 1 aliphatic heterocycles. The minimum absolute atomic E-state index is 0.134. The fourth-order valence-corrected chi connectivity index (χ4v) is 5.35. The highest BCUT2D eigenvalue weighted by molar-refractivity contribution is 7.17. The number of nitrogens with zero attached hydrogens (tertiary/aromatic N) is 3. The van der Waals surface area contributed by atoms with Crippen molar-refractivity contribution in [3.05, 3.63) is 62.8 Å². The van der Waals surface area contributed by atoms with E-state index in [1.54, 1.807) is 11.3 Å². The van der Waals surface area contributed by atoms with E-state index in [0.717, 1.165) is 60.3 Å². The number of carbonyl (C=O) groups is 1. The molecule has 4 rings (SSSR count). The third kappa shape index (κ3) is 4.19. The lowest BCUT2D eigenvalue weighted by Crippen LogP contribution is -2.35. The fourth-order valence-electron chi connectivity index (χ4n) is 3.61. The molecule has 3 aromatic rings. The molecule has 0 spiro atoms.